The van der Waals surface area contributed by atoms with Crippen LogP contribution in [-0.2, 0) is 27.0 Å². The van der Waals surface area contributed by atoms with E-state index in [2.05, 4.69) is 17.0 Å². The molecule has 2 aliphatic heterocycles. The highest BCUT2D eigenvalue weighted by molar-refractivity contribution is 6.30. The number of carbonyl (C=O) groups excluding carboxylic acids is 1. The van der Waals surface area contributed by atoms with Crippen molar-refractivity contribution in [3.05, 3.63) is 70.3 Å². The Bertz CT molecular complexity index is 1450. The van der Waals surface area contributed by atoms with E-state index in [4.69, 9.17) is 16.3 Å². The van der Waals surface area contributed by atoms with E-state index in [1.165, 1.54) is 16.0 Å². The number of rotatable bonds is 1. The summed E-state index contributed by atoms with van der Waals surface area (Å²) in [6, 6.07) is 10.9. The molecule has 0 aromatic heterocycles. The number of aryl methyl sites for hydroxylation is 1. The minimum atomic E-state index is -2.41. The SMILES string of the molecule is C[C@H]1C/C=C\[C@H](O)[C@@H]2CC[C@H]2CN2C[C@@]3(CCCc4cc(Cl)ccc43)COc3ccc(cc32)[C@](O)(C(=O)O)CC(=O)N1C. The van der Waals surface area contributed by atoms with Crippen LogP contribution in [0.2, 0.25) is 5.02 Å². The number of nitrogens with zero attached hydrogens (tertiary/aromatic N) is 2. The van der Waals surface area contributed by atoms with Gasteiger partial charge in [-0.3, -0.25) is 4.79 Å². The topological polar surface area (TPSA) is 111 Å². The third-order valence-electron chi connectivity index (χ3n) is 10.5. The summed E-state index contributed by atoms with van der Waals surface area (Å²) in [5.74, 6) is -1.01. The molecule has 9 heteroatoms. The number of halogens is 1. The van der Waals surface area contributed by atoms with E-state index in [0.29, 0.717) is 42.6 Å². The molecule has 43 heavy (non-hydrogen) atoms. The van der Waals surface area contributed by atoms with Gasteiger partial charge in [0.1, 0.15) is 5.75 Å². The predicted molar refractivity (Wildman–Crippen MR) is 165 cm³/mol. The second kappa shape index (κ2) is 11.5. The lowest BCUT2D eigenvalue weighted by atomic mass is 9.68. The van der Waals surface area contributed by atoms with E-state index in [0.717, 1.165) is 32.1 Å². The van der Waals surface area contributed by atoms with E-state index >= 15 is 0 Å². The van der Waals surface area contributed by atoms with Crippen LogP contribution in [0, 0.1) is 11.8 Å². The third kappa shape index (κ3) is 5.42. The maximum absolute atomic E-state index is 13.3. The number of hydrogen-bond donors (Lipinski definition) is 3. The van der Waals surface area contributed by atoms with Crippen LogP contribution < -0.4 is 9.64 Å². The molecule has 0 saturated heterocycles. The second-order valence-electron chi connectivity index (χ2n) is 13.1. The number of benzene rings is 2. The van der Waals surface area contributed by atoms with Gasteiger partial charge in [0.2, 0.25) is 5.91 Å². The molecule has 1 amide bonds. The first-order valence-electron chi connectivity index (χ1n) is 15.4. The number of hydrogen-bond acceptors (Lipinski definition) is 6. The van der Waals surface area contributed by atoms with Gasteiger partial charge in [0.25, 0.3) is 0 Å². The smallest absolute Gasteiger partial charge is 0.340 e. The molecular formula is C34H41ClN2O6. The van der Waals surface area contributed by atoms with Crippen LogP contribution in [0.4, 0.5) is 5.69 Å². The van der Waals surface area contributed by atoms with Gasteiger partial charge in [0, 0.05) is 36.6 Å². The normalized spacial score (nSPS) is 33.5. The molecule has 2 aromatic carbocycles. The summed E-state index contributed by atoms with van der Waals surface area (Å²) in [7, 11) is 1.62. The number of aliphatic carboxylic acids is 1. The van der Waals surface area contributed by atoms with Crippen LogP contribution in [-0.4, -0.2) is 71.0 Å². The first-order valence-corrected chi connectivity index (χ1v) is 15.8. The summed E-state index contributed by atoms with van der Waals surface area (Å²) in [5, 5.41) is 33.7. The highest BCUT2D eigenvalue weighted by Gasteiger charge is 2.46. The minimum Gasteiger partial charge on any atom is -0.490 e. The summed E-state index contributed by atoms with van der Waals surface area (Å²) >= 11 is 6.39. The lowest BCUT2D eigenvalue weighted by molar-refractivity contribution is -0.165. The average molecular weight is 609 g/mol. The Morgan fingerprint density at radius 2 is 1.98 bits per heavy atom. The van der Waals surface area contributed by atoms with Crippen LogP contribution in [0.1, 0.15) is 62.1 Å². The molecule has 6 atom stereocenters. The quantitative estimate of drug-likeness (QED) is 0.404. The molecule has 8 nitrogen and oxygen atoms in total. The molecule has 1 saturated carbocycles. The molecule has 0 unspecified atom stereocenters. The van der Waals surface area contributed by atoms with Gasteiger partial charge in [-0.2, -0.15) is 0 Å². The Hall–Kier alpha value is -3.07. The van der Waals surface area contributed by atoms with Gasteiger partial charge < -0.3 is 29.9 Å². The molecule has 2 bridgehead atoms. The van der Waals surface area contributed by atoms with Crippen LogP contribution >= 0.6 is 11.6 Å². The van der Waals surface area contributed by atoms with Crippen LogP contribution in [0.5, 0.6) is 5.75 Å². The molecule has 3 N–H and O–H groups in total. The van der Waals surface area contributed by atoms with Crippen molar-refractivity contribution in [1.82, 2.24) is 4.90 Å². The lowest BCUT2D eigenvalue weighted by Crippen LogP contribution is -2.49. The number of carboxylic acids is 1. The van der Waals surface area contributed by atoms with Crippen molar-refractivity contribution in [2.24, 2.45) is 11.8 Å². The number of amides is 1. The number of aliphatic hydroxyl groups is 2. The number of anilines is 1. The van der Waals surface area contributed by atoms with E-state index in [9.17, 15) is 24.9 Å². The maximum Gasteiger partial charge on any atom is 0.340 e. The number of aliphatic hydroxyl groups excluding tert-OH is 1. The predicted octanol–water partition coefficient (Wildman–Crippen LogP) is 4.67. The molecule has 0 radical (unpaired) electrons. The van der Waals surface area contributed by atoms with Crippen molar-refractivity contribution in [3.8, 4) is 5.75 Å². The monoisotopic (exact) mass is 608 g/mol. The van der Waals surface area contributed by atoms with E-state index < -0.39 is 30.0 Å². The summed E-state index contributed by atoms with van der Waals surface area (Å²) in [6.45, 7) is 3.62. The molecular weight excluding hydrogens is 568 g/mol. The molecule has 230 valence electrons. The molecule has 6 rings (SSSR count). The fourth-order valence-electron chi connectivity index (χ4n) is 7.53. The second-order valence-corrected chi connectivity index (χ2v) is 13.6. The Kier molecular flexibility index (Phi) is 7.98. The highest BCUT2D eigenvalue weighted by Crippen LogP contribution is 2.47. The van der Waals surface area contributed by atoms with Gasteiger partial charge in [0.05, 0.1) is 24.8 Å². The molecule has 1 fully saturated rings. The third-order valence-corrected chi connectivity index (χ3v) is 10.7. The number of carbonyl (C=O) groups is 2. The minimum absolute atomic E-state index is 0.0963. The number of ether oxygens (including phenoxy) is 1. The van der Waals surface area contributed by atoms with Crippen molar-refractivity contribution < 1.29 is 29.6 Å². The van der Waals surface area contributed by atoms with Gasteiger partial charge in [-0.05, 0) is 98.2 Å². The van der Waals surface area contributed by atoms with E-state index in [1.54, 1.807) is 25.2 Å². The van der Waals surface area contributed by atoms with E-state index in [-0.39, 0.29) is 28.9 Å². The largest absolute Gasteiger partial charge is 0.490 e. The lowest BCUT2D eigenvalue weighted by Gasteiger charge is -2.45. The number of fused-ring (bicyclic) bond motifs is 4. The first-order chi connectivity index (χ1) is 20.5. The molecule has 2 aromatic rings. The zero-order chi connectivity index (χ0) is 30.5. The highest BCUT2D eigenvalue weighted by atomic mass is 35.5. The standard InChI is InChI=1S/C34H41ClN2O6/c1-21-5-3-7-29(38)26-11-8-23(26)18-37-19-33(14-4-6-22-15-25(35)10-12-27(22)33)20-43-30-13-9-24(16-28(30)37)34(42,32(40)41)17-31(39)36(21)2/h3,7,9-10,12-13,15-16,21,23,26,29,38,42H,4-6,8,11,14,17-20H2,1-2H3,(H,40,41)/b7-3-/t21-,23-,26+,29-,33-,34-/m0/s1. The van der Waals surface area contributed by atoms with Gasteiger partial charge in [-0.1, -0.05) is 35.9 Å². The molecule has 2 heterocycles. The Balaban J connectivity index is 1.46. The Morgan fingerprint density at radius 3 is 2.72 bits per heavy atom. The molecule has 2 aliphatic carbocycles. The average Bonchev–Trinajstić information content (AvgIpc) is 3.11. The van der Waals surface area contributed by atoms with Gasteiger partial charge in [-0.15, -0.1) is 0 Å². The van der Waals surface area contributed by atoms with Crippen molar-refractivity contribution in [1.29, 1.82) is 0 Å². The summed E-state index contributed by atoms with van der Waals surface area (Å²) in [6.07, 6.45) is 7.84. The van der Waals surface area contributed by atoms with Gasteiger partial charge >= 0.3 is 5.97 Å². The Morgan fingerprint density at radius 1 is 1.16 bits per heavy atom. The zero-order valence-corrected chi connectivity index (χ0v) is 25.6. The first kappa shape index (κ1) is 30.0. The van der Waals surface area contributed by atoms with Crippen LogP contribution in [0.25, 0.3) is 0 Å². The number of carboxylic acid groups (broad SMARTS) is 1. The van der Waals surface area contributed by atoms with Gasteiger partial charge in [-0.25, -0.2) is 4.79 Å². The molecule has 1 spiro atoms. The van der Waals surface area contributed by atoms with Crippen molar-refractivity contribution >= 4 is 29.2 Å². The fraction of sp³-hybridized carbons (Fsp3) is 0.529. The summed E-state index contributed by atoms with van der Waals surface area (Å²) < 4.78 is 6.54. The zero-order valence-electron chi connectivity index (χ0n) is 24.8. The van der Waals surface area contributed by atoms with Gasteiger partial charge in [0.15, 0.2) is 5.60 Å². The summed E-state index contributed by atoms with van der Waals surface area (Å²) in [4.78, 5) is 29.6. The van der Waals surface area contributed by atoms with Crippen molar-refractivity contribution in [3.63, 3.8) is 0 Å². The van der Waals surface area contributed by atoms with Crippen LogP contribution in [0.15, 0.2) is 48.6 Å². The Labute approximate surface area is 257 Å². The maximum atomic E-state index is 13.3. The van der Waals surface area contributed by atoms with Crippen molar-refractivity contribution in [2.45, 2.75) is 75.0 Å². The fourth-order valence-corrected chi connectivity index (χ4v) is 7.73. The summed E-state index contributed by atoms with van der Waals surface area (Å²) in [5.41, 5.74) is 0.571. The van der Waals surface area contributed by atoms with Crippen molar-refractivity contribution in [2.75, 3.05) is 31.6 Å². The van der Waals surface area contributed by atoms with E-state index in [1.807, 2.05) is 25.1 Å². The van der Waals surface area contributed by atoms with Crippen LogP contribution in [0.3, 0.4) is 0 Å². The molecule has 4 aliphatic rings.